The fraction of sp³-hybridized carbons (Fsp3) is 1.00. The van der Waals surface area contributed by atoms with Crippen molar-refractivity contribution in [3.05, 3.63) is 0 Å². The highest BCUT2D eigenvalue weighted by molar-refractivity contribution is 4.95. The van der Waals surface area contributed by atoms with Crippen LogP contribution in [-0.2, 0) is 0 Å². The lowest BCUT2D eigenvalue weighted by atomic mass is 9.95. The maximum atomic E-state index is 3.88. The first-order valence-corrected chi connectivity index (χ1v) is 7.64. The Bertz CT molecular complexity index is 211. The summed E-state index contributed by atoms with van der Waals surface area (Å²) < 4.78 is 0. The molecular weight excluding hydrogens is 208 g/mol. The fourth-order valence-electron chi connectivity index (χ4n) is 3.63. The van der Waals surface area contributed by atoms with E-state index in [0.717, 1.165) is 6.04 Å². The summed E-state index contributed by atoms with van der Waals surface area (Å²) in [6, 6.07) is 0.801. The Balaban J connectivity index is 1.82. The molecule has 0 bridgehead atoms. The third kappa shape index (κ3) is 3.45. The molecule has 100 valence electrons. The average Bonchev–Trinajstić information content (AvgIpc) is 2.65. The zero-order valence-electron chi connectivity index (χ0n) is 11.8. The van der Waals surface area contributed by atoms with Gasteiger partial charge in [0, 0.05) is 18.1 Å². The first kappa shape index (κ1) is 13.4. The predicted molar refractivity (Wildman–Crippen MR) is 74.4 cm³/mol. The summed E-state index contributed by atoms with van der Waals surface area (Å²) in [7, 11) is 4.53. The van der Waals surface area contributed by atoms with Gasteiger partial charge in [0.2, 0.25) is 0 Å². The van der Waals surface area contributed by atoms with Gasteiger partial charge < -0.3 is 10.2 Å². The van der Waals surface area contributed by atoms with E-state index >= 15 is 0 Å². The van der Waals surface area contributed by atoms with Gasteiger partial charge in [-0.15, -0.1) is 0 Å². The van der Waals surface area contributed by atoms with Crippen molar-refractivity contribution in [1.82, 2.24) is 10.2 Å². The normalized spacial score (nSPS) is 26.3. The average molecular weight is 238 g/mol. The van der Waals surface area contributed by atoms with E-state index in [1.807, 2.05) is 0 Å². The molecule has 2 saturated carbocycles. The lowest BCUT2D eigenvalue weighted by molar-refractivity contribution is 0.147. The molecule has 0 heterocycles. The third-order valence-corrected chi connectivity index (χ3v) is 5.06. The molecule has 1 N–H and O–H groups in total. The summed E-state index contributed by atoms with van der Waals surface area (Å²) in [5, 5.41) is 3.88. The van der Waals surface area contributed by atoms with Gasteiger partial charge in [0.15, 0.2) is 0 Å². The molecule has 0 radical (unpaired) electrons. The van der Waals surface area contributed by atoms with Crippen molar-refractivity contribution in [2.45, 2.75) is 75.8 Å². The smallest absolute Gasteiger partial charge is 0.0327 e. The summed E-state index contributed by atoms with van der Waals surface area (Å²) >= 11 is 0. The van der Waals surface area contributed by atoms with Crippen LogP contribution in [0.5, 0.6) is 0 Å². The maximum Gasteiger partial charge on any atom is 0.0327 e. The Kier molecular flexibility index (Phi) is 4.87. The van der Waals surface area contributed by atoms with Crippen LogP contribution in [0.1, 0.15) is 64.2 Å². The van der Waals surface area contributed by atoms with E-state index in [4.69, 9.17) is 0 Å². The van der Waals surface area contributed by atoms with E-state index in [0.29, 0.717) is 5.54 Å². The number of nitrogens with zero attached hydrogens (tertiary/aromatic N) is 1. The largest absolute Gasteiger partial charge is 0.312 e. The number of rotatable bonds is 4. The zero-order valence-corrected chi connectivity index (χ0v) is 11.8. The molecule has 0 aromatic carbocycles. The summed E-state index contributed by atoms with van der Waals surface area (Å²) in [6.07, 6.45) is 14.2. The van der Waals surface area contributed by atoms with Crippen LogP contribution in [-0.4, -0.2) is 37.1 Å². The molecular formula is C15H30N2. The van der Waals surface area contributed by atoms with Crippen LogP contribution >= 0.6 is 0 Å². The van der Waals surface area contributed by atoms with Crippen LogP contribution in [0.25, 0.3) is 0 Å². The van der Waals surface area contributed by atoms with Crippen molar-refractivity contribution < 1.29 is 0 Å². The van der Waals surface area contributed by atoms with E-state index in [2.05, 4.69) is 24.3 Å². The maximum absolute atomic E-state index is 3.88. The van der Waals surface area contributed by atoms with Crippen LogP contribution in [0.4, 0.5) is 0 Å². The molecule has 0 aromatic rings. The Morgan fingerprint density at radius 3 is 2.06 bits per heavy atom. The second-order valence-corrected chi connectivity index (χ2v) is 6.40. The van der Waals surface area contributed by atoms with Crippen molar-refractivity contribution in [1.29, 1.82) is 0 Å². The summed E-state index contributed by atoms with van der Waals surface area (Å²) in [5.41, 5.74) is 0.465. The standard InChI is InChI=1S/C15H30N2/c1-17(2)15(11-7-8-12-15)13-16-14-9-5-3-4-6-10-14/h14,16H,3-13H2,1-2H3. The van der Waals surface area contributed by atoms with Crippen molar-refractivity contribution in [3.8, 4) is 0 Å². The first-order valence-electron chi connectivity index (χ1n) is 7.64. The molecule has 17 heavy (non-hydrogen) atoms. The predicted octanol–water partition coefficient (Wildman–Crippen LogP) is 3.17. The molecule has 0 aromatic heterocycles. The lowest BCUT2D eigenvalue weighted by Gasteiger charge is -2.38. The highest BCUT2D eigenvalue weighted by atomic mass is 15.2. The fourth-order valence-corrected chi connectivity index (χ4v) is 3.63. The van der Waals surface area contributed by atoms with Crippen molar-refractivity contribution in [2.24, 2.45) is 0 Å². The minimum atomic E-state index is 0.465. The van der Waals surface area contributed by atoms with Gasteiger partial charge in [-0.1, -0.05) is 38.5 Å². The molecule has 2 aliphatic carbocycles. The minimum Gasteiger partial charge on any atom is -0.312 e. The summed E-state index contributed by atoms with van der Waals surface area (Å²) in [6.45, 7) is 1.21. The Hall–Kier alpha value is -0.0800. The lowest BCUT2D eigenvalue weighted by Crippen LogP contribution is -2.51. The van der Waals surface area contributed by atoms with Gasteiger partial charge in [-0.3, -0.25) is 0 Å². The van der Waals surface area contributed by atoms with Crippen LogP contribution in [0.3, 0.4) is 0 Å². The summed E-state index contributed by atoms with van der Waals surface area (Å²) in [4.78, 5) is 2.48. The van der Waals surface area contributed by atoms with E-state index in [9.17, 15) is 0 Å². The molecule has 2 aliphatic rings. The Morgan fingerprint density at radius 1 is 0.941 bits per heavy atom. The Labute approximate surface area is 107 Å². The van der Waals surface area contributed by atoms with E-state index < -0.39 is 0 Å². The molecule has 0 aliphatic heterocycles. The molecule has 0 atom stereocenters. The van der Waals surface area contributed by atoms with Gasteiger partial charge >= 0.3 is 0 Å². The number of hydrogen-bond acceptors (Lipinski definition) is 2. The SMILES string of the molecule is CN(C)C1(CNC2CCCCCC2)CCCC1. The molecule has 2 heteroatoms. The van der Waals surface area contributed by atoms with Gasteiger partial charge in [-0.2, -0.15) is 0 Å². The van der Waals surface area contributed by atoms with Gasteiger partial charge in [0.25, 0.3) is 0 Å². The topological polar surface area (TPSA) is 15.3 Å². The molecule has 0 spiro atoms. The second kappa shape index (κ2) is 6.19. The molecule has 0 saturated heterocycles. The van der Waals surface area contributed by atoms with Crippen molar-refractivity contribution >= 4 is 0 Å². The first-order chi connectivity index (χ1) is 8.23. The van der Waals surface area contributed by atoms with Crippen molar-refractivity contribution in [3.63, 3.8) is 0 Å². The van der Waals surface area contributed by atoms with E-state index in [-0.39, 0.29) is 0 Å². The second-order valence-electron chi connectivity index (χ2n) is 6.40. The molecule has 0 amide bonds. The third-order valence-electron chi connectivity index (χ3n) is 5.06. The van der Waals surface area contributed by atoms with Crippen molar-refractivity contribution in [2.75, 3.05) is 20.6 Å². The zero-order chi connectivity index (χ0) is 12.1. The van der Waals surface area contributed by atoms with Gasteiger partial charge in [0.1, 0.15) is 0 Å². The van der Waals surface area contributed by atoms with Crippen LogP contribution in [0, 0.1) is 0 Å². The molecule has 2 fully saturated rings. The highest BCUT2D eigenvalue weighted by Crippen LogP contribution is 2.33. The number of hydrogen-bond donors (Lipinski definition) is 1. The van der Waals surface area contributed by atoms with Crippen LogP contribution < -0.4 is 5.32 Å². The van der Waals surface area contributed by atoms with Crippen LogP contribution in [0.15, 0.2) is 0 Å². The Morgan fingerprint density at radius 2 is 1.53 bits per heavy atom. The monoisotopic (exact) mass is 238 g/mol. The minimum absolute atomic E-state index is 0.465. The number of likely N-dealkylation sites (N-methyl/N-ethyl adjacent to an activating group) is 1. The van der Waals surface area contributed by atoms with Gasteiger partial charge in [-0.05, 0) is 39.8 Å². The highest BCUT2D eigenvalue weighted by Gasteiger charge is 2.35. The quantitative estimate of drug-likeness (QED) is 0.757. The molecule has 2 nitrogen and oxygen atoms in total. The van der Waals surface area contributed by atoms with Crippen LogP contribution in [0.2, 0.25) is 0 Å². The van der Waals surface area contributed by atoms with Gasteiger partial charge in [0.05, 0.1) is 0 Å². The molecule has 0 unspecified atom stereocenters. The number of nitrogens with one attached hydrogen (secondary N) is 1. The van der Waals surface area contributed by atoms with E-state index in [1.165, 1.54) is 70.8 Å². The summed E-state index contributed by atoms with van der Waals surface area (Å²) in [5.74, 6) is 0. The molecule has 2 rings (SSSR count). The van der Waals surface area contributed by atoms with Gasteiger partial charge in [-0.25, -0.2) is 0 Å². The van der Waals surface area contributed by atoms with E-state index in [1.54, 1.807) is 0 Å².